The van der Waals surface area contributed by atoms with Crippen LogP contribution in [-0.4, -0.2) is 62.3 Å². The van der Waals surface area contributed by atoms with Gasteiger partial charge in [-0.25, -0.2) is 4.79 Å². The molecule has 0 saturated heterocycles. The van der Waals surface area contributed by atoms with Gasteiger partial charge >= 0.3 is 6.09 Å². The number of para-hydroxylation sites is 1. The van der Waals surface area contributed by atoms with E-state index < -0.39 is 29.4 Å². The molecular weight excluding hydrogens is 580 g/mol. The number of hydroxylamine groups is 1. The molecule has 0 aliphatic rings. The number of amides is 3. The number of nitro groups is 1. The van der Waals surface area contributed by atoms with E-state index >= 15 is 0 Å². The molecule has 45 heavy (non-hydrogen) atoms. The van der Waals surface area contributed by atoms with Gasteiger partial charge in [-0.05, 0) is 6.42 Å². The number of unbranched alkanes of at least 4 members (excludes halogenated alkanes) is 13. The van der Waals surface area contributed by atoms with Crippen LogP contribution in [0.2, 0.25) is 0 Å². The summed E-state index contributed by atoms with van der Waals surface area (Å²) < 4.78 is 10.4. The lowest BCUT2D eigenvalue weighted by atomic mass is 10.0. The highest BCUT2D eigenvalue weighted by Crippen LogP contribution is 2.26. The topological polar surface area (TPSA) is 158 Å². The van der Waals surface area contributed by atoms with E-state index in [1.165, 1.54) is 83.1 Å². The first-order valence-corrected chi connectivity index (χ1v) is 16.7. The van der Waals surface area contributed by atoms with Crippen molar-refractivity contribution in [2.24, 2.45) is 0 Å². The molecule has 12 heteroatoms. The van der Waals surface area contributed by atoms with Crippen LogP contribution in [-0.2, 0) is 23.9 Å². The maximum atomic E-state index is 12.0. The van der Waals surface area contributed by atoms with E-state index in [4.69, 9.17) is 14.3 Å². The Kier molecular flexibility index (Phi) is 23.9. The van der Waals surface area contributed by atoms with E-state index in [-0.39, 0.29) is 31.4 Å². The van der Waals surface area contributed by atoms with Gasteiger partial charge in [-0.3, -0.25) is 24.5 Å². The number of nitro benzene ring substituents is 1. The SMILES string of the molecule is CCCCCCCCCCCCCCCCC(=O)NCCOCCNC(=O)CONC(=O)OCC(C)c1ccccc1[N+](=O)[O-]. The molecule has 256 valence electrons. The lowest BCUT2D eigenvalue weighted by Gasteiger charge is -2.13. The molecule has 1 unspecified atom stereocenters. The molecule has 0 aromatic heterocycles. The van der Waals surface area contributed by atoms with Gasteiger partial charge in [0.25, 0.3) is 5.69 Å². The molecule has 0 heterocycles. The summed E-state index contributed by atoms with van der Waals surface area (Å²) in [7, 11) is 0. The summed E-state index contributed by atoms with van der Waals surface area (Å²) in [5, 5.41) is 16.6. The molecule has 0 aliphatic heterocycles. The molecule has 0 bridgehead atoms. The fourth-order valence-electron chi connectivity index (χ4n) is 4.80. The maximum absolute atomic E-state index is 12.0. The molecule has 0 saturated carbocycles. The van der Waals surface area contributed by atoms with Crippen molar-refractivity contribution in [1.29, 1.82) is 0 Å². The third kappa shape index (κ3) is 22.0. The molecule has 1 atom stereocenters. The lowest BCUT2D eigenvalue weighted by Crippen LogP contribution is -2.35. The number of hydrogen-bond acceptors (Lipinski definition) is 8. The third-order valence-corrected chi connectivity index (χ3v) is 7.38. The Morgan fingerprint density at radius 2 is 1.33 bits per heavy atom. The van der Waals surface area contributed by atoms with E-state index in [0.717, 1.165) is 12.8 Å². The van der Waals surface area contributed by atoms with Gasteiger partial charge in [-0.1, -0.05) is 116 Å². The number of nitrogens with zero attached hydrogens (tertiary/aromatic N) is 1. The minimum atomic E-state index is -0.914. The van der Waals surface area contributed by atoms with E-state index in [1.807, 2.05) is 5.48 Å². The predicted octanol–water partition coefficient (Wildman–Crippen LogP) is 6.48. The van der Waals surface area contributed by atoms with Crippen LogP contribution in [0.3, 0.4) is 0 Å². The van der Waals surface area contributed by atoms with Crippen LogP contribution in [0, 0.1) is 10.1 Å². The number of nitrogens with one attached hydrogen (secondary N) is 3. The first-order valence-electron chi connectivity index (χ1n) is 16.7. The summed E-state index contributed by atoms with van der Waals surface area (Å²) in [5.41, 5.74) is 2.40. The van der Waals surface area contributed by atoms with Crippen LogP contribution in [0.4, 0.5) is 10.5 Å². The molecule has 0 fully saturated rings. The van der Waals surface area contributed by atoms with Crippen molar-refractivity contribution in [2.45, 2.75) is 116 Å². The van der Waals surface area contributed by atoms with Crippen molar-refractivity contribution < 1.29 is 33.6 Å². The second-order valence-corrected chi connectivity index (χ2v) is 11.4. The van der Waals surface area contributed by atoms with E-state index in [0.29, 0.717) is 25.1 Å². The average Bonchev–Trinajstić information content (AvgIpc) is 3.03. The first-order chi connectivity index (χ1) is 21.8. The van der Waals surface area contributed by atoms with Gasteiger partial charge in [0, 0.05) is 37.1 Å². The van der Waals surface area contributed by atoms with Crippen molar-refractivity contribution >= 4 is 23.6 Å². The zero-order chi connectivity index (χ0) is 33.0. The van der Waals surface area contributed by atoms with Crippen LogP contribution in [0.15, 0.2) is 24.3 Å². The van der Waals surface area contributed by atoms with Crippen LogP contribution >= 0.6 is 0 Å². The Hall–Kier alpha value is -3.25. The van der Waals surface area contributed by atoms with Gasteiger partial charge in [0.05, 0.1) is 18.1 Å². The number of benzene rings is 1. The van der Waals surface area contributed by atoms with E-state index in [2.05, 4.69) is 17.6 Å². The zero-order valence-electron chi connectivity index (χ0n) is 27.4. The second kappa shape index (κ2) is 27.1. The lowest BCUT2D eigenvalue weighted by molar-refractivity contribution is -0.385. The summed E-state index contributed by atoms with van der Waals surface area (Å²) in [6, 6.07) is 6.23. The van der Waals surface area contributed by atoms with Gasteiger partial charge in [0.15, 0.2) is 6.61 Å². The van der Waals surface area contributed by atoms with Crippen LogP contribution < -0.4 is 16.1 Å². The van der Waals surface area contributed by atoms with Gasteiger partial charge in [-0.15, -0.1) is 0 Å². The molecule has 0 spiro atoms. The third-order valence-electron chi connectivity index (χ3n) is 7.38. The Bertz CT molecular complexity index is 962. The normalized spacial score (nSPS) is 11.5. The van der Waals surface area contributed by atoms with Gasteiger partial charge in [-0.2, -0.15) is 5.48 Å². The van der Waals surface area contributed by atoms with Gasteiger partial charge in [0.2, 0.25) is 11.8 Å². The zero-order valence-corrected chi connectivity index (χ0v) is 27.4. The highest BCUT2D eigenvalue weighted by Gasteiger charge is 2.19. The largest absolute Gasteiger partial charge is 0.447 e. The van der Waals surface area contributed by atoms with Crippen molar-refractivity contribution in [2.75, 3.05) is 39.5 Å². The Labute approximate surface area is 268 Å². The minimum absolute atomic E-state index is 0.0323. The number of hydrogen-bond donors (Lipinski definition) is 3. The molecule has 3 amide bonds. The fraction of sp³-hybridized carbons (Fsp3) is 0.727. The molecule has 1 aromatic carbocycles. The molecular formula is C33H56N4O8. The quantitative estimate of drug-likeness (QED) is 0.0536. The number of ether oxygens (including phenoxy) is 2. The van der Waals surface area contributed by atoms with Gasteiger partial charge in [0.1, 0.15) is 6.61 Å². The summed E-state index contributed by atoms with van der Waals surface area (Å²) >= 11 is 0. The Balaban J connectivity index is 1.89. The van der Waals surface area contributed by atoms with Crippen molar-refractivity contribution in [3.8, 4) is 0 Å². The highest BCUT2D eigenvalue weighted by molar-refractivity contribution is 5.77. The predicted molar refractivity (Wildman–Crippen MR) is 174 cm³/mol. The van der Waals surface area contributed by atoms with Crippen LogP contribution in [0.1, 0.15) is 122 Å². The smallest absolute Gasteiger partial charge is 0.431 e. The minimum Gasteiger partial charge on any atom is -0.447 e. The van der Waals surface area contributed by atoms with Crippen LogP contribution in [0.25, 0.3) is 0 Å². The molecule has 1 rings (SSSR count). The van der Waals surface area contributed by atoms with Crippen molar-refractivity contribution in [1.82, 2.24) is 16.1 Å². The standard InChI is InChI=1S/C33H56N4O8/c1-3-4-5-6-7-8-9-10-11-12-13-14-15-16-21-31(38)34-22-24-43-25-23-35-32(39)27-45-36-33(40)44-26-28(2)29-19-17-18-20-30(29)37(41)42/h17-20,28H,3-16,21-27H2,1-2H3,(H,34,38)(H,35,39)(H,36,40). The summed E-state index contributed by atoms with van der Waals surface area (Å²) in [6.07, 6.45) is 17.6. The summed E-state index contributed by atoms with van der Waals surface area (Å²) in [6.45, 7) is 4.68. The molecule has 0 aliphatic carbocycles. The first kappa shape index (κ1) is 39.8. The van der Waals surface area contributed by atoms with Crippen molar-refractivity contribution in [3.05, 3.63) is 39.9 Å². The Morgan fingerprint density at radius 3 is 1.91 bits per heavy atom. The number of carbonyl (C=O) groups is 3. The molecule has 3 N–H and O–H groups in total. The van der Waals surface area contributed by atoms with Crippen molar-refractivity contribution in [3.63, 3.8) is 0 Å². The van der Waals surface area contributed by atoms with Gasteiger partial charge < -0.3 is 20.1 Å². The monoisotopic (exact) mass is 636 g/mol. The average molecular weight is 637 g/mol. The summed E-state index contributed by atoms with van der Waals surface area (Å²) in [5.74, 6) is -0.846. The van der Waals surface area contributed by atoms with E-state index in [1.54, 1.807) is 25.1 Å². The second-order valence-electron chi connectivity index (χ2n) is 11.4. The Morgan fingerprint density at radius 1 is 0.800 bits per heavy atom. The molecule has 1 aromatic rings. The summed E-state index contributed by atoms with van der Waals surface area (Å²) in [4.78, 5) is 51.1. The number of carbonyl (C=O) groups excluding carboxylic acids is 3. The molecule has 0 radical (unpaired) electrons. The number of rotatable bonds is 28. The molecule has 12 nitrogen and oxygen atoms in total. The highest BCUT2D eigenvalue weighted by atomic mass is 16.7. The van der Waals surface area contributed by atoms with Crippen LogP contribution in [0.5, 0.6) is 0 Å². The van der Waals surface area contributed by atoms with E-state index in [9.17, 15) is 24.5 Å². The maximum Gasteiger partial charge on any atom is 0.431 e. The fourth-order valence-corrected chi connectivity index (χ4v) is 4.80.